The van der Waals surface area contributed by atoms with Crippen molar-refractivity contribution >= 4 is 27.5 Å². The highest BCUT2D eigenvalue weighted by Gasteiger charge is 2.15. The van der Waals surface area contributed by atoms with Crippen molar-refractivity contribution in [3.63, 3.8) is 0 Å². The molecule has 0 aliphatic carbocycles. The van der Waals surface area contributed by atoms with Crippen LogP contribution in [0.25, 0.3) is 0 Å². The smallest absolute Gasteiger partial charge is 0.138 e. The van der Waals surface area contributed by atoms with Crippen LogP contribution in [-0.2, 0) is 6.42 Å². The second-order valence-corrected chi connectivity index (χ2v) is 5.47. The molecule has 0 bridgehead atoms. The molecule has 1 saturated heterocycles. The molecule has 1 atom stereocenters. The molecule has 2 rings (SSSR count). The molecule has 1 heterocycles. The van der Waals surface area contributed by atoms with Gasteiger partial charge in [-0.2, -0.15) is 0 Å². The standard InChI is InChI=1S/C12H14BrClFN/c13-10-6-8(11(14)7-12(10)15)5-9-3-1-2-4-16-9/h6-7,9,16H,1-5H2. The van der Waals surface area contributed by atoms with Crippen LogP contribution >= 0.6 is 27.5 Å². The Morgan fingerprint density at radius 2 is 2.25 bits per heavy atom. The summed E-state index contributed by atoms with van der Waals surface area (Å²) >= 11 is 9.22. The summed E-state index contributed by atoms with van der Waals surface area (Å²) < 4.78 is 13.7. The van der Waals surface area contributed by atoms with Gasteiger partial charge in [-0.3, -0.25) is 0 Å². The van der Waals surface area contributed by atoms with E-state index in [9.17, 15) is 4.39 Å². The lowest BCUT2D eigenvalue weighted by Gasteiger charge is -2.23. The summed E-state index contributed by atoms with van der Waals surface area (Å²) in [6, 6.07) is 3.64. The van der Waals surface area contributed by atoms with Crippen molar-refractivity contribution in [1.29, 1.82) is 0 Å². The van der Waals surface area contributed by atoms with Crippen molar-refractivity contribution in [2.75, 3.05) is 6.54 Å². The second-order valence-electron chi connectivity index (χ2n) is 4.21. The van der Waals surface area contributed by atoms with E-state index in [1.807, 2.05) is 0 Å². The zero-order chi connectivity index (χ0) is 11.5. The van der Waals surface area contributed by atoms with Crippen molar-refractivity contribution < 1.29 is 4.39 Å². The summed E-state index contributed by atoms with van der Waals surface area (Å²) in [5.41, 5.74) is 1.01. The predicted molar refractivity (Wildman–Crippen MR) is 68.5 cm³/mol. The minimum atomic E-state index is -0.301. The van der Waals surface area contributed by atoms with Crippen LogP contribution in [0.3, 0.4) is 0 Å². The molecule has 1 nitrogen and oxygen atoms in total. The average molecular weight is 307 g/mol. The van der Waals surface area contributed by atoms with Crippen LogP contribution in [0.1, 0.15) is 24.8 Å². The molecule has 1 N–H and O–H groups in total. The van der Waals surface area contributed by atoms with E-state index in [1.165, 1.54) is 25.3 Å². The molecule has 0 radical (unpaired) electrons. The van der Waals surface area contributed by atoms with Crippen LogP contribution in [0.5, 0.6) is 0 Å². The lowest BCUT2D eigenvalue weighted by Crippen LogP contribution is -2.35. The molecule has 88 valence electrons. The van der Waals surface area contributed by atoms with Crippen LogP contribution in [0.4, 0.5) is 4.39 Å². The highest BCUT2D eigenvalue weighted by molar-refractivity contribution is 9.10. The summed E-state index contributed by atoms with van der Waals surface area (Å²) in [7, 11) is 0. The molecular weight excluding hydrogens is 292 g/mol. The number of piperidine rings is 1. The van der Waals surface area contributed by atoms with Crippen molar-refractivity contribution in [2.24, 2.45) is 0 Å². The molecule has 1 unspecified atom stereocenters. The summed E-state index contributed by atoms with van der Waals surface area (Å²) in [5, 5.41) is 3.98. The van der Waals surface area contributed by atoms with Crippen molar-refractivity contribution in [2.45, 2.75) is 31.7 Å². The summed E-state index contributed by atoms with van der Waals surface area (Å²) in [6.07, 6.45) is 4.55. The minimum absolute atomic E-state index is 0.301. The van der Waals surface area contributed by atoms with E-state index in [2.05, 4.69) is 21.2 Å². The van der Waals surface area contributed by atoms with E-state index in [1.54, 1.807) is 6.07 Å². The van der Waals surface area contributed by atoms with Gasteiger partial charge in [0, 0.05) is 11.1 Å². The van der Waals surface area contributed by atoms with Gasteiger partial charge in [0.15, 0.2) is 0 Å². The maximum atomic E-state index is 13.2. The first-order valence-corrected chi connectivity index (χ1v) is 6.70. The number of hydrogen-bond donors (Lipinski definition) is 1. The second kappa shape index (κ2) is 5.48. The summed E-state index contributed by atoms with van der Waals surface area (Å²) in [6.45, 7) is 1.07. The Hall–Kier alpha value is -0.120. The third-order valence-electron chi connectivity index (χ3n) is 2.97. The minimum Gasteiger partial charge on any atom is -0.314 e. The largest absolute Gasteiger partial charge is 0.314 e. The van der Waals surface area contributed by atoms with Gasteiger partial charge in [-0.05, 0) is 59.4 Å². The first-order chi connectivity index (χ1) is 7.66. The predicted octanol–water partition coefficient (Wildman–Crippen LogP) is 3.93. The van der Waals surface area contributed by atoms with Gasteiger partial charge in [0.05, 0.1) is 4.47 Å². The Labute approximate surface area is 109 Å². The van der Waals surface area contributed by atoms with Crippen molar-refractivity contribution in [3.05, 3.63) is 33.0 Å². The van der Waals surface area contributed by atoms with E-state index in [0.717, 1.165) is 18.5 Å². The fourth-order valence-corrected chi connectivity index (χ4v) is 2.70. The Morgan fingerprint density at radius 1 is 1.44 bits per heavy atom. The maximum absolute atomic E-state index is 13.2. The monoisotopic (exact) mass is 305 g/mol. The molecule has 1 fully saturated rings. The van der Waals surface area contributed by atoms with Gasteiger partial charge in [0.1, 0.15) is 5.82 Å². The third-order valence-corrected chi connectivity index (χ3v) is 3.93. The zero-order valence-electron chi connectivity index (χ0n) is 8.90. The number of rotatable bonds is 2. The molecular formula is C12H14BrClFN. The molecule has 0 aromatic heterocycles. The van der Waals surface area contributed by atoms with Gasteiger partial charge >= 0.3 is 0 Å². The Kier molecular flexibility index (Phi) is 4.22. The van der Waals surface area contributed by atoms with Crippen LogP contribution in [0.15, 0.2) is 16.6 Å². The van der Waals surface area contributed by atoms with Gasteiger partial charge in [-0.1, -0.05) is 18.0 Å². The van der Waals surface area contributed by atoms with Gasteiger partial charge in [0.25, 0.3) is 0 Å². The molecule has 1 aliphatic heterocycles. The van der Waals surface area contributed by atoms with E-state index in [4.69, 9.17) is 11.6 Å². The van der Waals surface area contributed by atoms with Crippen LogP contribution in [0, 0.1) is 5.82 Å². The van der Waals surface area contributed by atoms with E-state index in [-0.39, 0.29) is 5.82 Å². The topological polar surface area (TPSA) is 12.0 Å². The molecule has 0 spiro atoms. The zero-order valence-corrected chi connectivity index (χ0v) is 11.2. The van der Waals surface area contributed by atoms with Crippen LogP contribution < -0.4 is 5.32 Å². The number of benzene rings is 1. The highest BCUT2D eigenvalue weighted by atomic mass is 79.9. The van der Waals surface area contributed by atoms with Crippen molar-refractivity contribution in [3.8, 4) is 0 Å². The Morgan fingerprint density at radius 3 is 2.94 bits per heavy atom. The van der Waals surface area contributed by atoms with Crippen LogP contribution in [-0.4, -0.2) is 12.6 Å². The Balaban J connectivity index is 2.11. The number of halogens is 3. The van der Waals surface area contributed by atoms with Gasteiger partial charge in [-0.15, -0.1) is 0 Å². The normalized spacial score (nSPS) is 21.1. The molecule has 0 amide bonds. The first kappa shape index (κ1) is 12.3. The van der Waals surface area contributed by atoms with E-state index < -0.39 is 0 Å². The summed E-state index contributed by atoms with van der Waals surface area (Å²) in [5.74, 6) is -0.301. The maximum Gasteiger partial charge on any atom is 0.138 e. The molecule has 16 heavy (non-hydrogen) atoms. The fourth-order valence-electron chi connectivity index (χ4n) is 2.08. The first-order valence-electron chi connectivity index (χ1n) is 5.53. The molecule has 1 aromatic rings. The van der Waals surface area contributed by atoms with E-state index in [0.29, 0.717) is 15.5 Å². The Bertz CT molecular complexity index is 378. The van der Waals surface area contributed by atoms with Gasteiger partial charge < -0.3 is 5.32 Å². The quantitative estimate of drug-likeness (QED) is 0.817. The molecule has 0 saturated carbocycles. The lowest BCUT2D eigenvalue weighted by molar-refractivity contribution is 0.399. The SMILES string of the molecule is Fc1cc(Cl)c(CC2CCCCN2)cc1Br. The lowest BCUT2D eigenvalue weighted by atomic mass is 9.98. The summed E-state index contributed by atoms with van der Waals surface area (Å²) in [4.78, 5) is 0. The van der Waals surface area contributed by atoms with E-state index >= 15 is 0 Å². The van der Waals surface area contributed by atoms with Crippen LogP contribution in [0.2, 0.25) is 5.02 Å². The number of nitrogens with one attached hydrogen (secondary N) is 1. The molecule has 4 heteroatoms. The fraction of sp³-hybridized carbons (Fsp3) is 0.500. The number of hydrogen-bond acceptors (Lipinski definition) is 1. The van der Waals surface area contributed by atoms with Gasteiger partial charge in [0.2, 0.25) is 0 Å². The molecule has 1 aliphatic rings. The van der Waals surface area contributed by atoms with Crippen molar-refractivity contribution in [1.82, 2.24) is 5.32 Å². The molecule has 1 aromatic carbocycles. The highest BCUT2D eigenvalue weighted by Crippen LogP contribution is 2.26. The third kappa shape index (κ3) is 2.96. The average Bonchev–Trinajstić information content (AvgIpc) is 2.27. The van der Waals surface area contributed by atoms with Gasteiger partial charge in [-0.25, -0.2) is 4.39 Å².